The number of aliphatic hydroxyl groups excluding tert-OH is 2. The minimum absolute atomic E-state index is 0.0499. The van der Waals surface area contributed by atoms with E-state index in [4.69, 9.17) is 79.4 Å². The zero-order chi connectivity index (χ0) is 81.7. The first-order valence-corrected chi connectivity index (χ1v) is 41.8. The fourth-order valence-electron chi connectivity index (χ4n) is 12.9. The van der Waals surface area contributed by atoms with Gasteiger partial charge in [0.05, 0.1) is 56.5 Å². The minimum atomic E-state index is -5.68. The van der Waals surface area contributed by atoms with Gasteiger partial charge in [0.1, 0.15) is 116 Å². The molecular formula is C55H67BrN15O38P5. The number of nitrogens with one attached hydrogen (secondary N) is 5. The minimum Gasteiger partial charge on any atom is -0.394 e. The van der Waals surface area contributed by atoms with Gasteiger partial charge in [-0.1, -0.05) is 0 Å². The average Bonchev–Trinajstić information content (AvgIpc) is 1.63. The van der Waals surface area contributed by atoms with Crippen molar-refractivity contribution >= 4 is 72.0 Å². The maximum absolute atomic E-state index is 14.2. The van der Waals surface area contributed by atoms with Crippen molar-refractivity contribution in [2.24, 2.45) is 0 Å². The molecule has 14 N–H and O–H groups in total. The highest BCUT2D eigenvalue weighted by atomic mass is 79.9. The molecule has 0 saturated carbocycles. The van der Waals surface area contributed by atoms with Gasteiger partial charge in [0, 0.05) is 93.8 Å². The molecule has 7 aromatic heterocycles. The summed E-state index contributed by atoms with van der Waals surface area (Å²) < 4.78 is 164. The van der Waals surface area contributed by atoms with E-state index in [-0.39, 0.29) is 34.3 Å². The zero-order valence-electron chi connectivity index (χ0n) is 57.7. The lowest BCUT2D eigenvalue weighted by Crippen LogP contribution is -2.33. The van der Waals surface area contributed by atoms with Gasteiger partial charge in [-0.05, 0) is 15.9 Å². The SMILES string of the molecule is Nc1ncnc2c1ncn2[C@H]1C[C@H](O)[C@@H](COP(=O)(O)O[C@H]2C[C@H](n3cc(Br)c(=O)[nH]c3=O)O[C@@H]2COP(=O)(O)O[C@H]2C[C@H](n3ccc(=O)[nH]c3=O)O[C@@H]2COP(=O)(O)O[C@H]2C[C@H](n3ccc(=O)[nH]c3=O)O[C@@H]2COP(=O)(O)O[C@H]2C[C@H](n3ccc(=O)[nH]c3=O)O[C@@H]2COP(=O)(O)O[C@H]2C[C@H](n3ccc(=O)[nH]c3=O)O[C@@H]2CO)O1. The molecule has 6 fully saturated rings. The third-order valence-corrected chi connectivity index (χ3v) is 23.8. The topological polar surface area (TPSA) is 719 Å². The van der Waals surface area contributed by atoms with E-state index in [9.17, 15) is 105 Å². The fraction of sp³-hybridized carbons (Fsp3) is 0.545. The summed E-state index contributed by atoms with van der Waals surface area (Å²) in [5, 5.41) is 21.0. The molecule has 7 aromatic rings. The van der Waals surface area contributed by atoms with Crippen LogP contribution < -0.4 is 62.0 Å². The summed E-state index contributed by atoms with van der Waals surface area (Å²) in [6.07, 6.45) is -23.7. The molecule has 0 aromatic carbocycles. The number of anilines is 1. The zero-order valence-corrected chi connectivity index (χ0v) is 63.8. The number of aromatic amines is 5. The molecule has 6 aliphatic rings. The summed E-state index contributed by atoms with van der Waals surface area (Å²) >= 11 is 3.00. The Kier molecular flexibility index (Phi) is 25.3. The van der Waals surface area contributed by atoms with Crippen molar-refractivity contribution in [2.45, 2.75) is 149 Å². The van der Waals surface area contributed by atoms with Crippen LogP contribution in [0.4, 0.5) is 5.82 Å². The Balaban J connectivity index is 0.681. The van der Waals surface area contributed by atoms with Gasteiger partial charge in [-0.3, -0.25) is 122 Å². The number of fused-ring (bicyclic) bond motifs is 1. The molecule has 0 amide bonds. The van der Waals surface area contributed by atoms with E-state index in [1.807, 2.05) is 24.9 Å². The molecule has 6 aliphatic heterocycles. The summed E-state index contributed by atoms with van der Waals surface area (Å²) in [6.45, 7) is -6.21. The molecule has 0 aliphatic carbocycles. The number of aliphatic hydroxyl groups is 2. The van der Waals surface area contributed by atoms with Gasteiger partial charge in [0.15, 0.2) is 11.5 Å². The van der Waals surface area contributed by atoms with E-state index in [0.717, 1.165) is 78.1 Å². The molecule has 114 heavy (non-hydrogen) atoms. The fourth-order valence-corrected chi connectivity index (χ4v) is 18.0. The molecule has 0 bridgehead atoms. The number of nitrogens with zero attached hydrogens (tertiary/aromatic N) is 9. The van der Waals surface area contributed by atoms with Crippen LogP contribution in [0.3, 0.4) is 0 Å². The number of phosphoric ester groups is 5. The van der Waals surface area contributed by atoms with Gasteiger partial charge in [-0.25, -0.2) is 61.7 Å². The van der Waals surface area contributed by atoms with Crippen molar-refractivity contribution in [3.63, 3.8) is 0 Å². The first-order valence-electron chi connectivity index (χ1n) is 33.5. The number of hydrogen-bond donors (Lipinski definition) is 13. The number of nitrogens with two attached hydrogens (primary N) is 1. The van der Waals surface area contributed by atoms with Crippen molar-refractivity contribution < 1.29 is 131 Å². The Morgan fingerprint density at radius 3 is 1.06 bits per heavy atom. The van der Waals surface area contributed by atoms with Crippen molar-refractivity contribution in [3.8, 4) is 0 Å². The maximum Gasteiger partial charge on any atom is 0.472 e. The molecule has 5 unspecified atom stereocenters. The molecule has 13 rings (SSSR count). The number of aromatic nitrogens is 14. The number of ether oxygens (including phenoxy) is 6. The summed E-state index contributed by atoms with van der Waals surface area (Å²) in [5.41, 5.74) is -3.19. The van der Waals surface area contributed by atoms with Crippen LogP contribution in [0.2, 0.25) is 0 Å². The lowest BCUT2D eigenvalue weighted by atomic mass is 10.2. The van der Waals surface area contributed by atoms with Crippen LogP contribution >= 0.6 is 55.0 Å². The summed E-state index contributed by atoms with van der Waals surface area (Å²) in [6, 6.07) is 3.64. The lowest BCUT2D eigenvalue weighted by molar-refractivity contribution is -0.0656. The smallest absolute Gasteiger partial charge is 0.394 e. The molecule has 0 radical (unpaired) electrons. The highest BCUT2D eigenvalue weighted by Crippen LogP contribution is 2.56. The van der Waals surface area contributed by atoms with E-state index < -0.39 is 271 Å². The summed E-state index contributed by atoms with van der Waals surface area (Å²) in [4.78, 5) is 203. The number of imidazole rings is 1. The predicted molar refractivity (Wildman–Crippen MR) is 372 cm³/mol. The monoisotopic (exact) mass is 1780 g/mol. The van der Waals surface area contributed by atoms with Crippen molar-refractivity contribution in [1.29, 1.82) is 0 Å². The molecule has 6 saturated heterocycles. The maximum atomic E-state index is 14.2. The van der Waals surface area contributed by atoms with Gasteiger partial charge in [0.2, 0.25) is 0 Å². The first kappa shape index (κ1) is 84.4. The number of phosphoric acid groups is 5. The third-order valence-electron chi connectivity index (χ3n) is 18.2. The van der Waals surface area contributed by atoms with Gasteiger partial charge in [-0.15, -0.1) is 0 Å². The Labute approximate surface area is 639 Å². The number of rotatable bonds is 32. The second kappa shape index (κ2) is 34.2. The van der Waals surface area contributed by atoms with E-state index >= 15 is 0 Å². The predicted octanol–water partition coefficient (Wildman–Crippen LogP) is -3.49. The summed E-state index contributed by atoms with van der Waals surface area (Å²) in [7, 11) is -27.6. The van der Waals surface area contributed by atoms with Crippen LogP contribution in [0.15, 0.2) is 120 Å². The van der Waals surface area contributed by atoms with Gasteiger partial charge < -0.3 is 68.8 Å². The molecule has 622 valence electrons. The van der Waals surface area contributed by atoms with Crippen LogP contribution in [0.5, 0.6) is 0 Å². The molecule has 0 spiro atoms. The molecular weight excluding hydrogens is 1710 g/mol. The lowest BCUT2D eigenvalue weighted by Gasteiger charge is -2.26. The van der Waals surface area contributed by atoms with Crippen molar-refractivity contribution in [1.82, 2.24) is 67.3 Å². The molecule has 23 atom stereocenters. The Morgan fingerprint density at radius 1 is 0.421 bits per heavy atom. The van der Waals surface area contributed by atoms with Gasteiger partial charge in [-0.2, -0.15) is 0 Å². The van der Waals surface area contributed by atoms with Gasteiger partial charge in [0.25, 0.3) is 27.8 Å². The number of nitrogen functional groups attached to an aromatic ring is 1. The first-order chi connectivity index (χ1) is 53.8. The van der Waals surface area contributed by atoms with E-state index in [1.165, 1.54) is 17.2 Å². The Morgan fingerprint density at radius 2 is 0.719 bits per heavy atom. The largest absolute Gasteiger partial charge is 0.472 e. The van der Waals surface area contributed by atoms with E-state index in [2.05, 4.69) is 30.9 Å². The summed E-state index contributed by atoms with van der Waals surface area (Å²) in [5.74, 6) is 0.0499. The number of hydrogen-bond acceptors (Lipinski definition) is 37. The Hall–Kier alpha value is -7.54. The average molecular weight is 1780 g/mol. The molecule has 13 heterocycles. The highest BCUT2D eigenvalue weighted by molar-refractivity contribution is 9.10. The van der Waals surface area contributed by atoms with E-state index in [0.29, 0.717) is 0 Å². The van der Waals surface area contributed by atoms with Crippen molar-refractivity contribution in [2.75, 3.05) is 45.4 Å². The quantitative estimate of drug-likeness (QED) is 0.0182. The van der Waals surface area contributed by atoms with Crippen LogP contribution in [0, 0.1) is 0 Å². The second-order valence-electron chi connectivity index (χ2n) is 25.8. The number of H-pyrrole nitrogens is 5. The van der Waals surface area contributed by atoms with Crippen LogP contribution in [0.25, 0.3) is 11.2 Å². The second-order valence-corrected chi connectivity index (χ2v) is 33.7. The van der Waals surface area contributed by atoms with Crippen LogP contribution in [-0.4, -0.2) is 215 Å². The van der Waals surface area contributed by atoms with Crippen LogP contribution in [0.1, 0.15) is 75.9 Å². The highest BCUT2D eigenvalue weighted by Gasteiger charge is 2.51. The Bertz CT molecular complexity index is 5630. The van der Waals surface area contributed by atoms with Crippen molar-refractivity contribution in [3.05, 3.63) is 177 Å². The third kappa shape index (κ3) is 20.0. The van der Waals surface area contributed by atoms with E-state index in [1.54, 1.807) is 0 Å². The molecule has 53 nitrogen and oxygen atoms in total. The molecule has 59 heteroatoms. The van der Waals surface area contributed by atoms with Crippen LogP contribution in [-0.2, 0) is 96.5 Å². The van der Waals surface area contributed by atoms with Gasteiger partial charge >= 0.3 is 67.6 Å². The standard InChI is InChI=1S/C55H67BrN15O38P5/c56-24-15-70(55(83)65-50(24)78)46-14-30(109-110(84,85)94-17-32-25(73)9-41(100-32)71-23-60-47-48(57)58-22-59-49(47)71)36(104-46)21-98-114(92,93)108-29-13-45(69-8-4-40(77)64-54(69)82)103-35(29)20-97-113(90,91)107-28-12-44(68-7-3-39(76)63-53(68)81)102-34(28)19-96-112(88,89)106-27-11-43(67-6-2-38(75)62-52(67)80)101-33(27)18-95-111(86,87)105-26-10-42(99-31(26)16-72)66-5-1-37(74)61-51(66)79/h1-8,15,22-23,25-36,41-46,72-73H,9-14,16-21H2,(H,84,85)(H,86,87)(H,88,89)(H,90,91)(H,92,93)(H2,57,58,59)(H,61,74,79)(H,62,75,80)(H,63,76,81)(H,64,77,82)(H,65,78,83)/t25-,26-,27-,28-,29-,30-,31+,32+,33+,34+,35+,36+,41+,42+,43+,44+,45+,46+/m0/s1. The number of halogens is 1. The normalized spacial score (nSPS) is 30.5.